The first-order valence-electron chi connectivity index (χ1n) is 9.89. The first-order valence-corrected chi connectivity index (χ1v) is 11.1. The van der Waals surface area contributed by atoms with Crippen molar-refractivity contribution in [3.63, 3.8) is 0 Å². The Morgan fingerprint density at radius 1 is 1.27 bits per heavy atom. The number of carbonyl (C=O) groups excluding carboxylic acids is 1. The minimum absolute atomic E-state index is 0.130. The molecule has 0 fully saturated rings. The van der Waals surface area contributed by atoms with Gasteiger partial charge in [0.25, 0.3) is 5.91 Å². The number of carbonyl (C=O) groups is 1. The molecule has 0 saturated heterocycles. The number of likely N-dealkylation sites (N-methyl/N-ethyl adjacent to an activating group) is 1. The van der Waals surface area contributed by atoms with Crippen LogP contribution in [0.2, 0.25) is 4.34 Å². The van der Waals surface area contributed by atoms with Crippen LogP contribution in [0, 0.1) is 0 Å². The van der Waals surface area contributed by atoms with Crippen LogP contribution in [0.4, 0.5) is 0 Å². The van der Waals surface area contributed by atoms with E-state index in [0.29, 0.717) is 9.21 Å². The molecule has 156 valence electrons. The first-order chi connectivity index (χ1) is 14.4. The summed E-state index contributed by atoms with van der Waals surface area (Å²) in [6.07, 6.45) is 4.52. The van der Waals surface area contributed by atoms with E-state index < -0.39 is 5.54 Å². The molecule has 0 bridgehead atoms. The normalized spacial score (nSPS) is 15.7. The van der Waals surface area contributed by atoms with Gasteiger partial charge in [-0.25, -0.2) is 4.68 Å². The summed E-state index contributed by atoms with van der Waals surface area (Å²) >= 11 is 7.25. The number of aromatic nitrogens is 2. The van der Waals surface area contributed by atoms with Crippen LogP contribution in [0.25, 0.3) is 5.69 Å². The number of aliphatic imine (C=N–C) groups is 1. The maximum atomic E-state index is 12.7. The molecule has 1 atom stereocenters. The Morgan fingerprint density at radius 2 is 2.03 bits per heavy atom. The zero-order chi connectivity index (χ0) is 21.3. The molecule has 2 aromatic heterocycles. The predicted molar refractivity (Wildman–Crippen MR) is 122 cm³/mol. The van der Waals surface area contributed by atoms with Crippen molar-refractivity contribution in [2.75, 3.05) is 20.1 Å². The van der Waals surface area contributed by atoms with Crippen molar-refractivity contribution >= 4 is 34.7 Å². The van der Waals surface area contributed by atoms with Gasteiger partial charge in [-0.15, -0.1) is 11.3 Å². The molecule has 0 saturated carbocycles. The van der Waals surface area contributed by atoms with E-state index in [9.17, 15) is 4.79 Å². The molecule has 1 N–H and O–H groups in total. The highest BCUT2D eigenvalue weighted by Gasteiger charge is 2.29. The minimum Gasteiger partial charge on any atom is -0.358 e. The highest BCUT2D eigenvalue weighted by atomic mass is 35.5. The average Bonchev–Trinajstić information content (AvgIpc) is 3.49. The minimum atomic E-state index is -0.535. The van der Waals surface area contributed by atoms with Gasteiger partial charge >= 0.3 is 0 Å². The number of hydrogen-bond donors (Lipinski definition) is 1. The van der Waals surface area contributed by atoms with Gasteiger partial charge in [0, 0.05) is 30.9 Å². The highest BCUT2D eigenvalue weighted by Crippen LogP contribution is 2.28. The fourth-order valence-electron chi connectivity index (χ4n) is 3.47. The lowest BCUT2D eigenvalue weighted by Gasteiger charge is -2.28. The van der Waals surface area contributed by atoms with Gasteiger partial charge in [-0.05, 0) is 49.7 Å². The maximum Gasteiger partial charge on any atom is 0.262 e. The fourth-order valence-corrected chi connectivity index (χ4v) is 4.41. The van der Waals surface area contributed by atoms with E-state index in [1.54, 1.807) is 12.1 Å². The topological polar surface area (TPSA) is 62.5 Å². The molecule has 4 rings (SSSR count). The lowest BCUT2D eigenvalue weighted by Crippen LogP contribution is -2.42. The Morgan fingerprint density at radius 3 is 2.63 bits per heavy atom. The van der Waals surface area contributed by atoms with Gasteiger partial charge < -0.3 is 10.2 Å². The molecule has 0 aliphatic carbocycles. The third-order valence-corrected chi connectivity index (χ3v) is 6.79. The summed E-state index contributed by atoms with van der Waals surface area (Å²) in [5.41, 5.74) is 2.48. The van der Waals surface area contributed by atoms with Crippen molar-refractivity contribution < 1.29 is 4.79 Å². The zero-order valence-electron chi connectivity index (χ0n) is 17.2. The van der Waals surface area contributed by atoms with E-state index in [2.05, 4.69) is 39.5 Å². The van der Waals surface area contributed by atoms with E-state index in [0.717, 1.165) is 42.2 Å². The van der Waals surface area contributed by atoms with Crippen LogP contribution in [-0.2, 0) is 5.54 Å². The molecule has 0 radical (unpaired) electrons. The van der Waals surface area contributed by atoms with Gasteiger partial charge in [0.15, 0.2) is 0 Å². The third kappa shape index (κ3) is 4.00. The van der Waals surface area contributed by atoms with Crippen LogP contribution in [0.5, 0.6) is 0 Å². The Kier molecular flexibility index (Phi) is 5.66. The van der Waals surface area contributed by atoms with Crippen LogP contribution in [-0.4, -0.2) is 46.6 Å². The summed E-state index contributed by atoms with van der Waals surface area (Å²) in [7, 11) is 2.06. The van der Waals surface area contributed by atoms with Crippen molar-refractivity contribution in [1.29, 1.82) is 0 Å². The maximum absolute atomic E-state index is 12.7. The summed E-state index contributed by atoms with van der Waals surface area (Å²) < 4.78 is 2.44. The number of hydrogen-bond acceptors (Lipinski definition) is 5. The number of benzene rings is 1. The van der Waals surface area contributed by atoms with Crippen molar-refractivity contribution in [3.8, 4) is 5.69 Å². The van der Waals surface area contributed by atoms with Crippen LogP contribution in [0.15, 0.2) is 53.8 Å². The molecule has 1 aliphatic rings. The number of nitrogens with zero attached hydrogens (tertiary/aromatic N) is 4. The molecule has 0 spiro atoms. The number of amides is 1. The lowest BCUT2D eigenvalue weighted by molar-refractivity contribution is 0.0906. The van der Waals surface area contributed by atoms with Crippen molar-refractivity contribution in [2.24, 2.45) is 4.99 Å². The van der Waals surface area contributed by atoms with Gasteiger partial charge in [-0.2, -0.15) is 5.10 Å². The predicted octanol–water partition coefficient (Wildman–Crippen LogP) is 4.33. The van der Waals surface area contributed by atoms with E-state index >= 15 is 0 Å². The number of nitrogens with one attached hydrogen (secondary N) is 1. The number of amidine groups is 1. The molecule has 6 nitrogen and oxygen atoms in total. The van der Waals surface area contributed by atoms with Crippen molar-refractivity contribution in [1.82, 2.24) is 20.0 Å². The second-order valence-electron chi connectivity index (χ2n) is 7.59. The van der Waals surface area contributed by atoms with Crippen molar-refractivity contribution in [2.45, 2.75) is 25.8 Å². The highest BCUT2D eigenvalue weighted by molar-refractivity contribution is 7.18. The van der Waals surface area contributed by atoms with E-state index in [1.807, 2.05) is 43.1 Å². The van der Waals surface area contributed by atoms with Gasteiger partial charge in [0.1, 0.15) is 5.84 Å². The second kappa shape index (κ2) is 8.24. The van der Waals surface area contributed by atoms with Crippen LogP contribution in [0.1, 0.15) is 41.1 Å². The second-order valence-corrected chi connectivity index (χ2v) is 9.31. The molecule has 8 heteroatoms. The van der Waals surface area contributed by atoms with Crippen LogP contribution < -0.4 is 5.32 Å². The quantitative estimate of drug-likeness (QED) is 0.619. The van der Waals surface area contributed by atoms with Gasteiger partial charge in [-0.3, -0.25) is 9.79 Å². The molecule has 30 heavy (non-hydrogen) atoms. The van der Waals surface area contributed by atoms with Gasteiger partial charge in [-0.1, -0.05) is 18.5 Å². The van der Waals surface area contributed by atoms with E-state index in [-0.39, 0.29) is 5.91 Å². The smallest absolute Gasteiger partial charge is 0.262 e. The van der Waals surface area contributed by atoms with Gasteiger partial charge in [0.05, 0.1) is 33.2 Å². The van der Waals surface area contributed by atoms with E-state index in [4.69, 9.17) is 11.6 Å². The lowest BCUT2D eigenvalue weighted by atomic mass is 9.92. The Balaban J connectivity index is 1.54. The molecule has 1 aliphatic heterocycles. The number of halogens is 1. The monoisotopic (exact) mass is 441 g/mol. The van der Waals surface area contributed by atoms with Crippen LogP contribution >= 0.6 is 22.9 Å². The van der Waals surface area contributed by atoms with Gasteiger partial charge in [0.2, 0.25) is 0 Å². The summed E-state index contributed by atoms with van der Waals surface area (Å²) in [5, 5.41) is 7.68. The Hall–Kier alpha value is -2.64. The first kappa shape index (κ1) is 20.6. The molecular formula is C22H24ClN5OS. The standard InChI is InChI=1S/C22H24ClN5OS/c1-4-22(2,26-21(29)18-9-10-19(23)30-18)16-13-25-28(14-16)17-7-5-15(6-8-17)20-24-11-12-27(20)3/h5-10,13-14H,4,11-12H2,1-3H3,(H,26,29). The molecular weight excluding hydrogens is 418 g/mol. The molecule has 1 amide bonds. The van der Waals surface area contributed by atoms with Crippen molar-refractivity contribution in [3.05, 3.63) is 69.1 Å². The van der Waals surface area contributed by atoms with Crippen LogP contribution in [0.3, 0.4) is 0 Å². The molecule has 1 aromatic carbocycles. The SMILES string of the molecule is CCC(C)(NC(=O)c1ccc(Cl)s1)c1cnn(-c2ccc(C3=NCCN3C)cc2)c1. The zero-order valence-corrected chi connectivity index (χ0v) is 18.8. The summed E-state index contributed by atoms with van der Waals surface area (Å²) in [6, 6.07) is 11.7. The Labute approximate surface area is 185 Å². The number of rotatable bonds is 6. The molecule has 3 heterocycles. The third-order valence-electron chi connectivity index (χ3n) is 5.56. The van der Waals surface area contributed by atoms with E-state index in [1.165, 1.54) is 11.3 Å². The summed E-state index contributed by atoms with van der Waals surface area (Å²) in [6.45, 7) is 5.86. The summed E-state index contributed by atoms with van der Waals surface area (Å²) in [5.74, 6) is 0.896. The summed E-state index contributed by atoms with van der Waals surface area (Å²) in [4.78, 5) is 20.0. The Bertz CT molecular complexity index is 1090. The largest absolute Gasteiger partial charge is 0.358 e. The number of thiophene rings is 1. The average molecular weight is 442 g/mol. The molecule has 1 unspecified atom stereocenters. The fraction of sp³-hybridized carbons (Fsp3) is 0.318. The molecule has 3 aromatic rings.